The Morgan fingerprint density at radius 2 is 1.57 bits per heavy atom. The Balaban J connectivity index is 1.46. The maximum absolute atomic E-state index is 13.7. The number of fused-ring (bicyclic) bond motifs is 1. The van der Waals surface area contributed by atoms with E-state index in [1.807, 2.05) is 36.4 Å². The van der Waals surface area contributed by atoms with Crippen molar-refractivity contribution in [3.8, 4) is 11.5 Å². The predicted molar refractivity (Wildman–Crippen MR) is 149 cm³/mol. The third-order valence-electron chi connectivity index (χ3n) is 7.07. The minimum absolute atomic E-state index is 0.000670. The van der Waals surface area contributed by atoms with Gasteiger partial charge in [0.15, 0.2) is 5.17 Å². The summed E-state index contributed by atoms with van der Waals surface area (Å²) < 4.78 is 24.5. The molecular formula is C31H27FN2O2S. The number of amidine groups is 1. The molecular weight excluding hydrogens is 483 g/mol. The van der Waals surface area contributed by atoms with E-state index >= 15 is 0 Å². The monoisotopic (exact) mass is 510 g/mol. The number of hydrogen-bond donors (Lipinski definition) is 0. The molecule has 0 spiro atoms. The fraction of sp³-hybridized carbons (Fsp3) is 0.194. The highest BCUT2D eigenvalue weighted by molar-refractivity contribution is 8.16. The number of methoxy groups -OCH3 is 2. The molecule has 3 aliphatic rings. The summed E-state index contributed by atoms with van der Waals surface area (Å²) in [4.78, 5) is 7.54. The van der Waals surface area contributed by atoms with Gasteiger partial charge in [-0.25, -0.2) is 9.38 Å². The van der Waals surface area contributed by atoms with E-state index in [1.54, 1.807) is 26.0 Å². The SMILES string of the molecule is COc1ccc(/C=C2\CCCC3=C2N=C2SC=C(c4ccc(F)cc4)N2[C@H]3c2ccc(OC)cc2)cc1. The highest BCUT2D eigenvalue weighted by Crippen LogP contribution is 2.51. The molecule has 1 atom stereocenters. The predicted octanol–water partition coefficient (Wildman–Crippen LogP) is 7.82. The number of thioether (sulfide) groups is 1. The second-order valence-corrected chi connectivity index (χ2v) is 10.1. The molecule has 0 amide bonds. The third kappa shape index (κ3) is 4.46. The molecule has 0 unspecified atom stereocenters. The number of rotatable bonds is 5. The number of halogens is 1. The molecule has 0 fully saturated rings. The summed E-state index contributed by atoms with van der Waals surface area (Å²) >= 11 is 1.63. The molecule has 6 rings (SSSR count). The van der Waals surface area contributed by atoms with Crippen LogP contribution < -0.4 is 9.47 Å². The highest BCUT2D eigenvalue weighted by Gasteiger charge is 2.40. The van der Waals surface area contributed by atoms with Crippen molar-refractivity contribution < 1.29 is 13.9 Å². The zero-order valence-electron chi connectivity index (χ0n) is 20.8. The minimum atomic E-state index is -0.236. The van der Waals surface area contributed by atoms with E-state index in [0.717, 1.165) is 58.5 Å². The molecule has 37 heavy (non-hydrogen) atoms. The van der Waals surface area contributed by atoms with Crippen LogP contribution in [0, 0.1) is 5.82 Å². The van der Waals surface area contributed by atoms with Crippen LogP contribution in [-0.2, 0) is 0 Å². The van der Waals surface area contributed by atoms with Crippen molar-refractivity contribution in [1.82, 2.24) is 4.90 Å². The normalized spacial score (nSPS) is 19.8. The molecule has 0 bridgehead atoms. The zero-order valence-corrected chi connectivity index (χ0v) is 21.6. The lowest BCUT2D eigenvalue weighted by Gasteiger charge is -2.40. The molecule has 3 aromatic carbocycles. The molecule has 0 N–H and O–H groups in total. The number of allylic oxidation sites excluding steroid dienone is 1. The van der Waals surface area contributed by atoms with Crippen molar-refractivity contribution in [2.75, 3.05) is 14.2 Å². The Kier molecular flexibility index (Phi) is 6.35. The van der Waals surface area contributed by atoms with Crippen LogP contribution in [0.15, 0.2) is 100 Å². The summed E-state index contributed by atoms with van der Waals surface area (Å²) in [7, 11) is 3.37. The zero-order chi connectivity index (χ0) is 25.4. The largest absolute Gasteiger partial charge is 0.497 e. The van der Waals surface area contributed by atoms with Gasteiger partial charge in [-0.15, -0.1) is 0 Å². The maximum Gasteiger partial charge on any atom is 0.174 e. The topological polar surface area (TPSA) is 34.1 Å². The molecule has 0 saturated heterocycles. The highest BCUT2D eigenvalue weighted by atomic mass is 32.2. The molecule has 4 nitrogen and oxygen atoms in total. The van der Waals surface area contributed by atoms with E-state index in [0.29, 0.717) is 0 Å². The first-order valence-electron chi connectivity index (χ1n) is 12.4. The van der Waals surface area contributed by atoms with Gasteiger partial charge in [0.1, 0.15) is 17.3 Å². The number of hydrogen-bond acceptors (Lipinski definition) is 5. The summed E-state index contributed by atoms with van der Waals surface area (Å²) in [6.45, 7) is 0. The van der Waals surface area contributed by atoms with Crippen molar-refractivity contribution in [3.63, 3.8) is 0 Å². The van der Waals surface area contributed by atoms with Gasteiger partial charge in [-0.05, 0) is 102 Å². The Hall–Kier alpha value is -3.77. The van der Waals surface area contributed by atoms with Crippen molar-refractivity contribution in [2.24, 2.45) is 4.99 Å². The summed E-state index contributed by atoms with van der Waals surface area (Å²) in [6.07, 6.45) is 5.28. The van der Waals surface area contributed by atoms with E-state index < -0.39 is 0 Å². The lowest BCUT2D eigenvalue weighted by molar-refractivity contribution is 0.413. The Bertz CT molecular complexity index is 1440. The summed E-state index contributed by atoms with van der Waals surface area (Å²) in [5.41, 5.74) is 8.01. The quantitative estimate of drug-likeness (QED) is 0.350. The maximum atomic E-state index is 13.7. The van der Waals surface area contributed by atoms with Crippen molar-refractivity contribution in [2.45, 2.75) is 25.3 Å². The van der Waals surface area contributed by atoms with Crippen LogP contribution in [0.3, 0.4) is 0 Å². The van der Waals surface area contributed by atoms with Crippen LogP contribution in [0.25, 0.3) is 11.8 Å². The van der Waals surface area contributed by atoms with E-state index in [9.17, 15) is 4.39 Å². The summed E-state index contributed by atoms with van der Waals surface area (Å²) in [5, 5.41) is 3.08. The second-order valence-electron chi connectivity index (χ2n) is 9.24. The minimum Gasteiger partial charge on any atom is -0.497 e. The standard InChI is InChI=1S/C31H27FN2O2S/c1-35-25-14-6-20(7-15-25)18-23-4-3-5-27-29(23)33-31-34(30(27)22-10-16-26(36-2)17-11-22)28(19-37-31)21-8-12-24(32)13-9-21/h6-19,30H,3-5H2,1-2H3/b23-18+/t30-/m0/s1. The van der Waals surface area contributed by atoms with Gasteiger partial charge in [0.05, 0.1) is 31.7 Å². The van der Waals surface area contributed by atoms with Gasteiger partial charge >= 0.3 is 0 Å². The average molecular weight is 511 g/mol. The van der Waals surface area contributed by atoms with Crippen LogP contribution in [0.5, 0.6) is 11.5 Å². The Morgan fingerprint density at radius 3 is 2.24 bits per heavy atom. The first-order valence-corrected chi connectivity index (χ1v) is 13.3. The smallest absolute Gasteiger partial charge is 0.174 e. The Morgan fingerprint density at radius 1 is 0.892 bits per heavy atom. The van der Waals surface area contributed by atoms with Gasteiger partial charge in [0.2, 0.25) is 0 Å². The van der Waals surface area contributed by atoms with E-state index in [4.69, 9.17) is 14.5 Å². The van der Waals surface area contributed by atoms with E-state index in [2.05, 4.69) is 40.6 Å². The van der Waals surface area contributed by atoms with Gasteiger partial charge in [0.25, 0.3) is 0 Å². The van der Waals surface area contributed by atoms with Gasteiger partial charge in [0, 0.05) is 5.41 Å². The third-order valence-corrected chi connectivity index (χ3v) is 7.91. The fourth-order valence-corrected chi connectivity index (χ4v) is 6.16. The molecule has 6 heteroatoms. The van der Waals surface area contributed by atoms with Gasteiger partial charge < -0.3 is 14.4 Å². The molecule has 3 aromatic rings. The van der Waals surface area contributed by atoms with E-state index in [1.165, 1.54) is 28.8 Å². The summed E-state index contributed by atoms with van der Waals surface area (Å²) in [5.74, 6) is 1.44. The van der Waals surface area contributed by atoms with Gasteiger partial charge in [-0.1, -0.05) is 36.0 Å². The fourth-order valence-electron chi connectivity index (χ4n) is 5.23. The lowest BCUT2D eigenvalue weighted by Crippen LogP contribution is -2.34. The number of nitrogens with zero attached hydrogens (tertiary/aromatic N) is 2. The molecule has 186 valence electrons. The summed E-state index contributed by atoms with van der Waals surface area (Å²) in [6, 6.07) is 23.2. The number of aliphatic imine (C=N–C) groups is 1. The molecule has 0 aromatic heterocycles. The first-order chi connectivity index (χ1) is 18.1. The van der Waals surface area contributed by atoms with Crippen molar-refractivity contribution >= 4 is 28.7 Å². The van der Waals surface area contributed by atoms with Crippen LogP contribution in [0.1, 0.15) is 42.0 Å². The van der Waals surface area contributed by atoms with Crippen molar-refractivity contribution in [1.29, 1.82) is 0 Å². The second kappa shape index (κ2) is 9.94. The molecule has 2 aliphatic heterocycles. The van der Waals surface area contributed by atoms with E-state index in [-0.39, 0.29) is 11.9 Å². The Labute approximate surface area is 220 Å². The van der Waals surface area contributed by atoms with Crippen LogP contribution >= 0.6 is 11.8 Å². The van der Waals surface area contributed by atoms with Crippen molar-refractivity contribution in [3.05, 3.63) is 118 Å². The lowest BCUT2D eigenvalue weighted by atomic mass is 9.82. The van der Waals surface area contributed by atoms with Gasteiger partial charge in [-0.3, -0.25) is 0 Å². The molecule has 0 radical (unpaired) electrons. The molecule has 1 aliphatic carbocycles. The molecule has 2 heterocycles. The average Bonchev–Trinajstić information content (AvgIpc) is 3.36. The number of benzene rings is 3. The first kappa shape index (κ1) is 23.6. The van der Waals surface area contributed by atoms with Gasteiger partial charge in [-0.2, -0.15) is 0 Å². The van der Waals surface area contributed by atoms with Crippen LogP contribution in [0.4, 0.5) is 4.39 Å². The van der Waals surface area contributed by atoms with Crippen LogP contribution in [-0.4, -0.2) is 24.3 Å². The van der Waals surface area contributed by atoms with Crippen LogP contribution in [0.2, 0.25) is 0 Å². The number of ether oxygens (including phenoxy) is 2. The molecule has 0 saturated carbocycles.